The van der Waals surface area contributed by atoms with Crippen LogP contribution >= 0.6 is 0 Å². The molecule has 2 aromatic rings. The highest BCUT2D eigenvalue weighted by Crippen LogP contribution is 2.42. The van der Waals surface area contributed by atoms with Crippen molar-refractivity contribution in [3.8, 4) is 0 Å². The van der Waals surface area contributed by atoms with E-state index in [9.17, 15) is 31.4 Å². The summed E-state index contributed by atoms with van der Waals surface area (Å²) in [4.78, 5) is 4.23. The second-order valence-corrected chi connectivity index (χ2v) is 7.59. The topological polar surface area (TPSA) is 60.2 Å². The highest BCUT2D eigenvalue weighted by atomic mass is 19.4. The van der Waals surface area contributed by atoms with Crippen LogP contribution in [0.1, 0.15) is 36.1 Å². The number of hydrogen-bond acceptors (Lipinski definition) is 5. The molecule has 11 heteroatoms. The molecule has 2 heterocycles. The molecule has 2 aromatic carbocycles. The quantitative estimate of drug-likeness (QED) is 0.645. The molecule has 4 rings (SSSR count). The first-order chi connectivity index (χ1) is 15.0. The summed E-state index contributed by atoms with van der Waals surface area (Å²) < 4.78 is 81.6. The molecule has 0 saturated carbocycles. The van der Waals surface area contributed by atoms with E-state index in [4.69, 9.17) is 0 Å². The lowest BCUT2D eigenvalue weighted by molar-refractivity contribution is -0.273. The first kappa shape index (κ1) is 22.1. The third-order valence-electron chi connectivity index (χ3n) is 5.38. The van der Waals surface area contributed by atoms with Gasteiger partial charge in [-0.2, -0.15) is 31.4 Å². The second kappa shape index (κ2) is 7.80. The molecule has 170 valence electrons. The normalized spacial score (nSPS) is 26.4. The van der Waals surface area contributed by atoms with Crippen LogP contribution in [-0.2, 0) is 0 Å². The van der Waals surface area contributed by atoms with Crippen molar-refractivity contribution in [3.63, 3.8) is 0 Å². The lowest BCUT2D eigenvalue weighted by atomic mass is 9.95. The molecule has 0 aromatic heterocycles. The van der Waals surface area contributed by atoms with Crippen LogP contribution in [0, 0.1) is 0 Å². The Bertz CT molecular complexity index is 1020. The maximum absolute atomic E-state index is 13.8. The van der Waals surface area contributed by atoms with Gasteiger partial charge in [0.2, 0.25) is 11.7 Å². The minimum absolute atomic E-state index is 0.379. The second-order valence-electron chi connectivity index (χ2n) is 7.59. The van der Waals surface area contributed by atoms with Crippen LogP contribution in [-0.4, -0.2) is 39.9 Å². The van der Waals surface area contributed by atoms with Crippen molar-refractivity contribution in [2.75, 3.05) is 0 Å². The Balaban J connectivity index is 1.81. The van der Waals surface area contributed by atoms with Crippen LogP contribution < -0.4 is 5.32 Å². The van der Waals surface area contributed by atoms with E-state index in [1.165, 1.54) is 12.1 Å². The van der Waals surface area contributed by atoms with Crippen molar-refractivity contribution in [3.05, 3.63) is 71.8 Å². The number of rotatable bonds is 2. The average molecular weight is 456 g/mol. The van der Waals surface area contributed by atoms with Crippen LogP contribution in [0.3, 0.4) is 0 Å². The van der Waals surface area contributed by atoms with Crippen molar-refractivity contribution in [2.24, 2.45) is 10.1 Å². The Morgan fingerprint density at radius 1 is 0.906 bits per heavy atom. The van der Waals surface area contributed by atoms with Gasteiger partial charge in [0.25, 0.3) is 0 Å². The van der Waals surface area contributed by atoms with E-state index < -0.39 is 54.7 Å². The van der Waals surface area contributed by atoms with Crippen molar-refractivity contribution in [1.29, 1.82) is 0 Å². The fourth-order valence-corrected chi connectivity index (χ4v) is 3.72. The molecular weight excluding hydrogens is 438 g/mol. The van der Waals surface area contributed by atoms with E-state index >= 15 is 0 Å². The van der Waals surface area contributed by atoms with E-state index in [2.05, 4.69) is 10.1 Å². The van der Waals surface area contributed by atoms with Crippen molar-refractivity contribution in [1.82, 2.24) is 10.3 Å². The predicted molar refractivity (Wildman–Crippen MR) is 105 cm³/mol. The van der Waals surface area contributed by atoms with E-state index in [1.807, 2.05) is 5.32 Å². The summed E-state index contributed by atoms with van der Waals surface area (Å²) >= 11 is 0. The van der Waals surface area contributed by atoms with Crippen LogP contribution in [0.5, 0.6) is 0 Å². The van der Waals surface area contributed by atoms with E-state index in [-0.39, 0.29) is 0 Å². The molecule has 2 aliphatic heterocycles. The summed E-state index contributed by atoms with van der Waals surface area (Å²) in [6.07, 6.45) is -11.3. The molecule has 0 radical (unpaired) electrons. The highest BCUT2D eigenvalue weighted by molar-refractivity contribution is 5.95. The molecule has 3 atom stereocenters. The highest BCUT2D eigenvalue weighted by Gasteiger charge is 2.58. The number of hydrazone groups is 1. The third-order valence-corrected chi connectivity index (χ3v) is 5.38. The smallest absolute Gasteiger partial charge is 0.363 e. The van der Waals surface area contributed by atoms with Gasteiger partial charge >= 0.3 is 12.4 Å². The fraction of sp³-hybridized carbons (Fsp3) is 0.333. The zero-order valence-electron chi connectivity index (χ0n) is 16.4. The number of alkyl halides is 6. The lowest BCUT2D eigenvalue weighted by Crippen LogP contribution is -2.63. The number of guanidine groups is 1. The van der Waals surface area contributed by atoms with E-state index in [0.717, 1.165) is 5.01 Å². The summed E-state index contributed by atoms with van der Waals surface area (Å²) in [7, 11) is 0. The van der Waals surface area contributed by atoms with Gasteiger partial charge in [-0.15, -0.1) is 0 Å². The summed E-state index contributed by atoms with van der Waals surface area (Å²) in [6.45, 7) is 0. The lowest BCUT2D eigenvalue weighted by Gasteiger charge is -2.40. The Morgan fingerprint density at radius 3 is 2.00 bits per heavy atom. The van der Waals surface area contributed by atoms with Crippen LogP contribution in [0.2, 0.25) is 0 Å². The molecule has 0 amide bonds. The monoisotopic (exact) mass is 456 g/mol. The minimum atomic E-state index is -5.11. The SMILES string of the molecule is OC1(C(F)(F)F)CC(c2ccccc2)N=C(N2N=C(C(F)(F)F)CC2c2ccccc2)N1. The van der Waals surface area contributed by atoms with Gasteiger partial charge in [0.05, 0.1) is 12.1 Å². The van der Waals surface area contributed by atoms with Gasteiger partial charge in [0, 0.05) is 12.8 Å². The molecule has 0 aliphatic carbocycles. The molecule has 32 heavy (non-hydrogen) atoms. The number of benzene rings is 2. The van der Waals surface area contributed by atoms with Gasteiger partial charge in [-0.3, -0.25) is 0 Å². The number of halogens is 6. The van der Waals surface area contributed by atoms with Crippen LogP contribution in [0.25, 0.3) is 0 Å². The maximum Gasteiger partial charge on any atom is 0.436 e. The van der Waals surface area contributed by atoms with Crippen molar-refractivity contribution >= 4 is 11.7 Å². The maximum atomic E-state index is 13.8. The van der Waals surface area contributed by atoms with Crippen molar-refractivity contribution in [2.45, 2.75) is 43.0 Å². The van der Waals surface area contributed by atoms with Gasteiger partial charge in [-0.1, -0.05) is 60.7 Å². The molecule has 2 aliphatic rings. The molecule has 3 unspecified atom stereocenters. The summed E-state index contributed by atoms with van der Waals surface area (Å²) in [6, 6.07) is 13.7. The fourth-order valence-electron chi connectivity index (χ4n) is 3.72. The molecule has 0 fully saturated rings. The summed E-state index contributed by atoms with van der Waals surface area (Å²) in [5.74, 6) is -0.585. The zero-order chi connectivity index (χ0) is 23.1. The molecular formula is C21H18F6N4O. The Hall–Kier alpha value is -3.08. The number of nitrogens with one attached hydrogen (secondary N) is 1. The van der Waals surface area contributed by atoms with Crippen LogP contribution in [0.15, 0.2) is 70.8 Å². The largest absolute Gasteiger partial charge is 0.436 e. The Kier molecular flexibility index (Phi) is 5.40. The standard InChI is InChI=1S/C21H18F6N4O/c22-20(23,24)17-11-16(14-9-5-2-6-10-14)31(30-17)18-28-15(13-7-3-1-4-8-13)12-19(32,29-18)21(25,26)27/h1-10,15-16,32H,11-12H2,(H,28,29). The van der Waals surface area contributed by atoms with Gasteiger partial charge < -0.3 is 10.4 Å². The number of aliphatic imine (C=N–C) groups is 1. The predicted octanol–water partition coefficient (Wildman–Crippen LogP) is 4.69. The van der Waals surface area contributed by atoms with E-state index in [1.54, 1.807) is 48.5 Å². The first-order valence-electron chi connectivity index (χ1n) is 9.67. The van der Waals surface area contributed by atoms with Crippen molar-refractivity contribution < 1.29 is 31.4 Å². The van der Waals surface area contributed by atoms with Gasteiger partial charge in [-0.05, 0) is 11.1 Å². The number of aliphatic hydroxyl groups is 1. The molecule has 2 N–H and O–H groups in total. The van der Waals surface area contributed by atoms with Gasteiger partial charge in [-0.25, -0.2) is 10.0 Å². The molecule has 0 spiro atoms. The Labute approximate surface area is 179 Å². The molecule has 0 saturated heterocycles. The Morgan fingerprint density at radius 2 is 1.47 bits per heavy atom. The van der Waals surface area contributed by atoms with Gasteiger partial charge in [0.15, 0.2) is 0 Å². The molecule has 0 bridgehead atoms. The summed E-state index contributed by atoms with van der Waals surface area (Å²) in [5.41, 5.74) is -3.75. The van der Waals surface area contributed by atoms with Crippen LogP contribution in [0.4, 0.5) is 26.3 Å². The zero-order valence-corrected chi connectivity index (χ0v) is 16.4. The summed E-state index contributed by atoms with van der Waals surface area (Å²) in [5, 5.41) is 16.7. The first-order valence-corrected chi connectivity index (χ1v) is 9.67. The third kappa shape index (κ3) is 4.16. The average Bonchev–Trinajstić information content (AvgIpc) is 3.20. The number of nitrogens with zero attached hydrogens (tertiary/aromatic N) is 3. The number of hydrogen-bond donors (Lipinski definition) is 2. The van der Waals surface area contributed by atoms with E-state index in [0.29, 0.717) is 11.1 Å². The van der Waals surface area contributed by atoms with Gasteiger partial charge in [0.1, 0.15) is 5.71 Å². The molecule has 5 nitrogen and oxygen atoms in total. The minimum Gasteiger partial charge on any atom is -0.363 e.